The minimum absolute atomic E-state index is 0.0832. The van der Waals surface area contributed by atoms with Crippen molar-refractivity contribution in [2.75, 3.05) is 7.11 Å². The van der Waals surface area contributed by atoms with Crippen molar-refractivity contribution in [3.05, 3.63) is 71.5 Å². The lowest BCUT2D eigenvalue weighted by molar-refractivity contribution is 0.0628. The van der Waals surface area contributed by atoms with E-state index in [9.17, 15) is 4.79 Å². The van der Waals surface area contributed by atoms with Crippen LogP contribution >= 0.6 is 0 Å². The summed E-state index contributed by atoms with van der Waals surface area (Å²) in [5.41, 5.74) is 5.17. The molecule has 1 amide bonds. The molecule has 0 radical (unpaired) electrons. The topological polar surface area (TPSA) is 58.2 Å². The first-order valence-corrected chi connectivity index (χ1v) is 9.86. The quantitative estimate of drug-likeness (QED) is 0.710. The average Bonchev–Trinajstić information content (AvgIpc) is 3.29. The zero-order chi connectivity index (χ0) is 19.1. The van der Waals surface area contributed by atoms with Crippen molar-refractivity contribution < 1.29 is 9.53 Å². The fourth-order valence-corrected chi connectivity index (χ4v) is 4.69. The first-order valence-electron chi connectivity index (χ1n) is 9.86. The predicted molar refractivity (Wildman–Crippen MR) is 107 cm³/mol. The van der Waals surface area contributed by atoms with E-state index in [2.05, 4.69) is 39.4 Å². The number of fused-ring (bicyclic) bond motifs is 3. The second kappa shape index (κ2) is 6.82. The van der Waals surface area contributed by atoms with E-state index in [1.165, 1.54) is 0 Å². The van der Waals surface area contributed by atoms with E-state index >= 15 is 0 Å². The van der Waals surface area contributed by atoms with Gasteiger partial charge in [0, 0.05) is 17.3 Å². The highest BCUT2D eigenvalue weighted by Gasteiger charge is 2.42. The van der Waals surface area contributed by atoms with Gasteiger partial charge >= 0.3 is 0 Å². The fourth-order valence-electron chi connectivity index (χ4n) is 4.69. The van der Waals surface area contributed by atoms with Crippen LogP contribution in [0.5, 0.6) is 5.75 Å². The van der Waals surface area contributed by atoms with Crippen molar-refractivity contribution in [3.8, 4) is 16.9 Å². The van der Waals surface area contributed by atoms with Crippen LogP contribution in [-0.2, 0) is 0 Å². The highest BCUT2D eigenvalue weighted by Crippen LogP contribution is 2.47. The Hall–Kier alpha value is -3.08. The van der Waals surface area contributed by atoms with Crippen molar-refractivity contribution in [3.63, 3.8) is 0 Å². The maximum absolute atomic E-state index is 13.5. The number of H-pyrrole nitrogens is 1. The third-order valence-corrected chi connectivity index (χ3v) is 6.06. The van der Waals surface area contributed by atoms with E-state index in [0.717, 1.165) is 59.3 Å². The molecular weight excluding hydrogens is 350 g/mol. The zero-order valence-electron chi connectivity index (χ0n) is 15.9. The summed E-state index contributed by atoms with van der Waals surface area (Å²) in [6, 6.07) is 14.6. The van der Waals surface area contributed by atoms with Crippen molar-refractivity contribution in [1.82, 2.24) is 15.1 Å². The number of carbonyl (C=O) groups is 1. The molecule has 1 fully saturated rings. The number of hydrogen-bond donors (Lipinski definition) is 1. The number of nitrogens with one attached hydrogen (secondary N) is 1. The molecule has 3 heterocycles. The van der Waals surface area contributed by atoms with Crippen LogP contribution in [0.1, 0.15) is 59.3 Å². The average molecular weight is 373 g/mol. The Morgan fingerprint density at radius 3 is 2.71 bits per heavy atom. The van der Waals surface area contributed by atoms with Crippen LogP contribution in [0.2, 0.25) is 0 Å². The fraction of sp³-hybridized carbons (Fsp3) is 0.304. The van der Waals surface area contributed by atoms with Gasteiger partial charge in [0.15, 0.2) is 0 Å². The van der Waals surface area contributed by atoms with Gasteiger partial charge in [0.05, 0.1) is 25.4 Å². The third-order valence-electron chi connectivity index (χ3n) is 6.06. The zero-order valence-corrected chi connectivity index (χ0v) is 15.9. The Kier molecular flexibility index (Phi) is 4.15. The molecule has 5 nitrogen and oxygen atoms in total. The number of methoxy groups -OCH3 is 1. The predicted octanol–water partition coefficient (Wildman–Crippen LogP) is 4.90. The van der Waals surface area contributed by atoms with Gasteiger partial charge in [-0.3, -0.25) is 9.89 Å². The van der Waals surface area contributed by atoms with Crippen molar-refractivity contribution in [2.45, 2.75) is 37.8 Å². The number of amides is 1. The summed E-state index contributed by atoms with van der Waals surface area (Å²) in [6.45, 7) is 0. The Morgan fingerprint density at radius 1 is 1.07 bits per heavy atom. The van der Waals surface area contributed by atoms with Crippen molar-refractivity contribution in [1.29, 1.82) is 0 Å². The summed E-state index contributed by atoms with van der Waals surface area (Å²) < 4.78 is 5.42. The van der Waals surface area contributed by atoms with Gasteiger partial charge in [0.2, 0.25) is 0 Å². The number of hydrogen-bond acceptors (Lipinski definition) is 3. The second-order valence-corrected chi connectivity index (χ2v) is 7.59. The molecule has 2 aromatic carbocycles. The van der Waals surface area contributed by atoms with Gasteiger partial charge in [-0.05, 0) is 47.7 Å². The van der Waals surface area contributed by atoms with Crippen LogP contribution in [0.15, 0.2) is 54.9 Å². The first-order chi connectivity index (χ1) is 13.8. The SMILES string of the molecule is COc1cccc([C@H]2CCCCC3c4ccc(-c5cn[nH]c5)cc4C(=O)N32)c1. The second-order valence-electron chi connectivity index (χ2n) is 7.59. The van der Waals surface area contributed by atoms with E-state index < -0.39 is 0 Å². The number of benzene rings is 2. The molecule has 1 aromatic heterocycles. The summed E-state index contributed by atoms with van der Waals surface area (Å²) in [7, 11) is 1.68. The van der Waals surface area contributed by atoms with Gasteiger partial charge in [-0.1, -0.05) is 37.1 Å². The number of nitrogens with zero attached hydrogens (tertiary/aromatic N) is 2. The molecule has 3 aromatic rings. The molecular formula is C23H23N3O2. The minimum atomic E-state index is 0.0832. The van der Waals surface area contributed by atoms with Crippen LogP contribution in [0, 0.1) is 0 Å². The lowest BCUT2D eigenvalue weighted by Crippen LogP contribution is -2.31. The normalized spacial score (nSPS) is 21.2. The van der Waals surface area contributed by atoms with E-state index in [-0.39, 0.29) is 18.0 Å². The van der Waals surface area contributed by atoms with Gasteiger partial charge in [-0.2, -0.15) is 5.10 Å². The number of rotatable bonds is 3. The molecule has 2 aliphatic heterocycles. The van der Waals surface area contributed by atoms with E-state index in [1.54, 1.807) is 13.3 Å². The number of ether oxygens (including phenoxy) is 1. The Balaban J connectivity index is 1.56. The molecule has 142 valence electrons. The summed E-state index contributed by atoms with van der Waals surface area (Å²) in [6.07, 6.45) is 7.92. The summed E-state index contributed by atoms with van der Waals surface area (Å²) in [4.78, 5) is 15.6. The van der Waals surface area contributed by atoms with Crippen LogP contribution < -0.4 is 4.74 Å². The molecule has 0 bridgehead atoms. The van der Waals surface area contributed by atoms with Crippen molar-refractivity contribution in [2.24, 2.45) is 0 Å². The molecule has 1 N–H and O–H groups in total. The van der Waals surface area contributed by atoms with Gasteiger partial charge in [0.25, 0.3) is 5.91 Å². The Labute approximate surface area is 164 Å². The minimum Gasteiger partial charge on any atom is -0.497 e. The number of aromatic nitrogens is 2. The van der Waals surface area contributed by atoms with Crippen LogP contribution in [-0.4, -0.2) is 28.1 Å². The Bertz CT molecular complexity index is 1010. The molecule has 1 unspecified atom stereocenters. The highest BCUT2D eigenvalue weighted by atomic mass is 16.5. The van der Waals surface area contributed by atoms with Gasteiger partial charge in [-0.25, -0.2) is 0 Å². The van der Waals surface area contributed by atoms with Crippen LogP contribution in [0.3, 0.4) is 0 Å². The third kappa shape index (κ3) is 2.70. The standard InChI is InChI=1S/C23H23N3O2/c1-28-18-6-4-5-16(11-18)21-7-2-3-8-22-19-10-9-15(17-13-24-25-14-17)12-20(19)23(27)26(21)22/h4-6,9-14,21-22H,2-3,7-8H2,1H3,(H,24,25)/t21-,22?/m1/s1. The summed E-state index contributed by atoms with van der Waals surface area (Å²) in [5.74, 6) is 0.977. The molecule has 28 heavy (non-hydrogen) atoms. The van der Waals surface area contributed by atoms with Crippen LogP contribution in [0.4, 0.5) is 0 Å². The lowest BCUT2D eigenvalue weighted by Gasteiger charge is -2.32. The lowest BCUT2D eigenvalue weighted by atomic mass is 9.97. The molecule has 1 saturated heterocycles. The molecule has 2 aliphatic rings. The first kappa shape index (κ1) is 17.0. The maximum Gasteiger partial charge on any atom is 0.255 e. The van der Waals surface area contributed by atoms with E-state index in [0.29, 0.717) is 0 Å². The highest BCUT2D eigenvalue weighted by molar-refractivity contribution is 6.00. The van der Waals surface area contributed by atoms with Gasteiger partial charge < -0.3 is 9.64 Å². The van der Waals surface area contributed by atoms with E-state index in [1.807, 2.05) is 24.4 Å². The Morgan fingerprint density at radius 2 is 1.93 bits per heavy atom. The number of aromatic amines is 1. The molecule has 5 rings (SSSR count). The van der Waals surface area contributed by atoms with Crippen LogP contribution in [0.25, 0.3) is 11.1 Å². The molecule has 0 aliphatic carbocycles. The maximum atomic E-state index is 13.5. The monoisotopic (exact) mass is 373 g/mol. The summed E-state index contributed by atoms with van der Waals surface area (Å²) >= 11 is 0. The number of carbonyl (C=O) groups excluding carboxylic acids is 1. The molecule has 0 saturated carbocycles. The largest absolute Gasteiger partial charge is 0.497 e. The summed E-state index contributed by atoms with van der Waals surface area (Å²) in [5, 5.41) is 6.88. The van der Waals surface area contributed by atoms with Crippen molar-refractivity contribution >= 4 is 5.91 Å². The van der Waals surface area contributed by atoms with Gasteiger partial charge in [0.1, 0.15) is 5.75 Å². The van der Waals surface area contributed by atoms with E-state index in [4.69, 9.17) is 4.74 Å². The van der Waals surface area contributed by atoms with Gasteiger partial charge in [-0.15, -0.1) is 0 Å². The smallest absolute Gasteiger partial charge is 0.255 e. The molecule has 2 atom stereocenters. The molecule has 5 heteroatoms. The molecule has 0 spiro atoms.